The zero-order valence-electron chi connectivity index (χ0n) is 35.1. The van der Waals surface area contributed by atoms with E-state index >= 15 is 0 Å². The van der Waals surface area contributed by atoms with Gasteiger partial charge >= 0.3 is 0 Å². The average molecular weight is 827 g/mol. The minimum atomic E-state index is 0.0156. The van der Waals surface area contributed by atoms with Gasteiger partial charge in [0.15, 0.2) is 0 Å². The quantitative estimate of drug-likeness (QED) is 0.119. The molecule has 2 N–H and O–H groups in total. The lowest BCUT2D eigenvalue weighted by atomic mass is 9.87. The number of fused-ring (bicyclic) bond motifs is 7. The van der Waals surface area contributed by atoms with Crippen LogP contribution in [0, 0.1) is 0 Å². The fourth-order valence-corrected chi connectivity index (χ4v) is 7.92. The van der Waals surface area contributed by atoms with Crippen LogP contribution in [0.5, 0.6) is 23.0 Å². The second kappa shape index (κ2) is 18.5. The summed E-state index contributed by atoms with van der Waals surface area (Å²) in [5.41, 5.74) is 11.8. The first-order chi connectivity index (χ1) is 31.0. The minimum absolute atomic E-state index is 0.0156. The van der Waals surface area contributed by atoms with Crippen molar-refractivity contribution in [1.29, 1.82) is 0 Å². The summed E-state index contributed by atoms with van der Waals surface area (Å²) in [5, 5.41) is 23.3. The average Bonchev–Trinajstić information content (AvgIpc) is 3.55. The Morgan fingerprint density at radius 2 is 0.746 bits per heavy atom. The van der Waals surface area contributed by atoms with Crippen LogP contribution in [0.1, 0.15) is 55.6 Å². The Kier molecular flexibility index (Phi) is 12.0. The molecule has 8 aromatic carbocycles. The Morgan fingerprint density at radius 1 is 0.413 bits per heavy atom. The number of methoxy groups -OCH3 is 2. The summed E-state index contributed by atoms with van der Waals surface area (Å²) in [5.74, 6) is 3.08. The predicted octanol–water partition coefficient (Wildman–Crippen LogP) is 13.1. The van der Waals surface area contributed by atoms with Crippen LogP contribution >= 0.6 is 0 Å². The predicted molar refractivity (Wildman–Crippen MR) is 259 cm³/mol. The molecule has 0 unspecified atom stereocenters. The Hall–Kier alpha value is -7.64. The molecule has 0 amide bonds. The fraction of sp³-hybridized carbons (Fsp3) is 0.0877. The van der Waals surface area contributed by atoms with Crippen molar-refractivity contribution in [3.8, 4) is 34.1 Å². The maximum Gasteiger partial charge on any atom is 0.231 e. The molecular weight excluding hydrogens is 781 g/mol. The maximum atomic E-state index is 9.54. The van der Waals surface area contributed by atoms with Crippen LogP contribution < -0.4 is 18.9 Å². The van der Waals surface area contributed by atoms with E-state index in [-0.39, 0.29) is 20.0 Å². The van der Waals surface area contributed by atoms with Gasteiger partial charge in [0.05, 0.1) is 27.4 Å². The smallest absolute Gasteiger partial charge is 0.231 e. The molecule has 0 fully saturated rings. The van der Waals surface area contributed by atoms with Crippen molar-refractivity contribution >= 4 is 70.2 Å². The van der Waals surface area contributed by atoms with Crippen molar-refractivity contribution < 1.29 is 29.2 Å². The van der Waals surface area contributed by atoms with Gasteiger partial charge in [0, 0.05) is 22.3 Å². The highest BCUT2D eigenvalue weighted by Crippen LogP contribution is 2.51. The van der Waals surface area contributed by atoms with E-state index in [1.165, 1.54) is 0 Å². The molecule has 310 valence electrons. The molecule has 0 aromatic heterocycles. The normalized spacial score (nSPS) is 12.5. The van der Waals surface area contributed by atoms with E-state index in [1.807, 2.05) is 97.1 Å². The molecule has 1 aliphatic rings. The largest absolute Gasteiger partial charge is 0.497 e. The molecule has 1 heterocycles. The number of hydrogen-bond acceptors (Lipinski definition) is 6. The van der Waals surface area contributed by atoms with Gasteiger partial charge in [0.1, 0.15) is 23.0 Å². The van der Waals surface area contributed by atoms with Gasteiger partial charge in [-0.15, -0.1) is 0 Å². The van der Waals surface area contributed by atoms with Gasteiger partial charge in [-0.25, -0.2) is 0 Å². The summed E-state index contributed by atoms with van der Waals surface area (Å²) >= 11 is 0. The highest BCUT2D eigenvalue weighted by atomic mass is 16.7. The SMILES string of the molecule is COc1ccc(/C=C/c2cc3cc(/C=C/c4ccc(CO)cc4)ccc3c3c2OCOc2c(/C=C/c4ccc(OC)cc4)cc4cc(/C=C/c5ccc(CO)cc5)ccc4c2-3)cc1. The molecule has 0 saturated heterocycles. The molecule has 0 bridgehead atoms. The molecule has 0 aliphatic carbocycles. The van der Waals surface area contributed by atoms with Gasteiger partial charge in [-0.05, 0) is 115 Å². The van der Waals surface area contributed by atoms with Crippen molar-refractivity contribution in [2.24, 2.45) is 0 Å². The van der Waals surface area contributed by atoms with E-state index in [2.05, 4.69) is 97.1 Å². The topological polar surface area (TPSA) is 77.4 Å². The molecule has 6 nitrogen and oxygen atoms in total. The molecule has 0 atom stereocenters. The first-order valence-electron chi connectivity index (χ1n) is 20.9. The van der Waals surface area contributed by atoms with E-state index in [9.17, 15) is 10.2 Å². The summed E-state index contributed by atoms with van der Waals surface area (Å²) in [7, 11) is 3.34. The monoisotopic (exact) mass is 826 g/mol. The molecule has 0 saturated carbocycles. The molecule has 6 heteroatoms. The molecule has 0 radical (unpaired) electrons. The Balaban J connectivity index is 1.24. The van der Waals surface area contributed by atoms with Crippen LogP contribution in [0.2, 0.25) is 0 Å². The number of hydrogen-bond donors (Lipinski definition) is 2. The number of ether oxygens (including phenoxy) is 4. The zero-order valence-corrected chi connectivity index (χ0v) is 35.1. The Labute approximate surface area is 367 Å². The van der Waals surface area contributed by atoms with Gasteiger partial charge in [0.2, 0.25) is 6.79 Å². The second-order valence-electron chi connectivity index (χ2n) is 15.4. The summed E-state index contributed by atoms with van der Waals surface area (Å²) in [4.78, 5) is 0. The second-order valence-corrected chi connectivity index (χ2v) is 15.4. The zero-order chi connectivity index (χ0) is 43.1. The van der Waals surface area contributed by atoms with E-state index in [4.69, 9.17) is 18.9 Å². The summed E-state index contributed by atoms with van der Waals surface area (Å²) in [6, 6.07) is 49.3. The van der Waals surface area contributed by atoms with Crippen molar-refractivity contribution in [2.45, 2.75) is 13.2 Å². The number of aliphatic hydroxyl groups excluding tert-OH is 2. The molecular formula is C57H46O6. The van der Waals surface area contributed by atoms with Crippen LogP contribution in [-0.2, 0) is 13.2 Å². The number of benzene rings is 8. The van der Waals surface area contributed by atoms with Crippen molar-refractivity contribution in [1.82, 2.24) is 0 Å². The van der Waals surface area contributed by atoms with E-state index in [0.29, 0.717) is 0 Å². The van der Waals surface area contributed by atoms with Gasteiger partial charge in [0.25, 0.3) is 0 Å². The van der Waals surface area contributed by atoms with Crippen LogP contribution in [0.25, 0.3) is 81.3 Å². The minimum Gasteiger partial charge on any atom is -0.497 e. The molecule has 9 rings (SSSR count). The van der Waals surface area contributed by atoms with Crippen molar-refractivity contribution in [3.05, 3.63) is 201 Å². The Bertz CT molecular complexity index is 2820. The third-order valence-corrected chi connectivity index (χ3v) is 11.4. The maximum absolute atomic E-state index is 9.54. The molecule has 0 spiro atoms. The van der Waals surface area contributed by atoms with Crippen molar-refractivity contribution in [3.63, 3.8) is 0 Å². The molecule has 1 aliphatic heterocycles. The summed E-state index contributed by atoms with van der Waals surface area (Å²) in [6.07, 6.45) is 16.8. The van der Waals surface area contributed by atoms with E-state index in [1.54, 1.807) is 14.2 Å². The van der Waals surface area contributed by atoms with Crippen LogP contribution in [0.4, 0.5) is 0 Å². The third kappa shape index (κ3) is 9.05. The lowest BCUT2D eigenvalue weighted by Gasteiger charge is -2.18. The summed E-state index contributed by atoms with van der Waals surface area (Å²) in [6.45, 7) is 0.0545. The van der Waals surface area contributed by atoms with Crippen LogP contribution in [0.15, 0.2) is 146 Å². The van der Waals surface area contributed by atoms with Crippen molar-refractivity contribution in [2.75, 3.05) is 21.0 Å². The van der Waals surface area contributed by atoms with Gasteiger partial charge in [-0.2, -0.15) is 0 Å². The van der Waals surface area contributed by atoms with Gasteiger partial charge in [-0.3, -0.25) is 0 Å². The highest BCUT2D eigenvalue weighted by molar-refractivity contribution is 6.13. The van der Waals surface area contributed by atoms with Crippen LogP contribution in [0.3, 0.4) is 0 Å². The highest BCUT2D eigenvalue weighted by Gasteiger charge is 2.26. The lowest BCUT2D eigenvalue weighted by molar-refractivity contribution is 0.124. The first-order valence-corrected chi connectivity index (χ1v) is 20.9. The number of rotatable bonds is 12. The first kappa shape index (κ1) is 40.7. The standard InChI is InChI=1S/C57H46O6/c1-60-50-25-17-40(18-26-50)15-23-46-33-48-31-42(9-3-38-5-11-44(35-58)12-6-38)21-29-52(48)54-55-53-30-22-43(10-4-39-7-13-45(36-59)14-8-39)32-49(53)34-47(57(55)63-37-62-56(46)54)24-16-41-19-27-51(61-2)28-20-41/h3-34,58-59H,35-37H2,1-2H3/b9-3+,10-4+,23-15+,24-16+. The van der Waals surface area contributed by atoms with E-state index < -0.39 is 0 Å². The number of aliphatic hydroxyl groups is 2. The molecule has 63 heavy (non-hydrogen) atoms. The fourth-order valence-electron chi connectivity index (χ4n) is 7.92. The van der Waals surface area contributed by atoms with Gasteiger partial charge < -0.3 is 29.2 Å². The lowest BCUT2D eigenvalue weighted by Crippen LogP contribution is -2.05. The Morgan fingerprint density at radius 3 is 1.11 bits per heavy atom. The summed E-state index contributed by atoms with van der Waals surface area (Å²) < 4.78 is 24.2. The van der Waals surface area contributed by atoms with E-state index in [0.717, 1.165) is 111 Å². The van der Waals surface area contributed by atoms with Gasteiger partial charge in [-0.1, -0.05) is 146 Å². The van der Waals surface area contributed by atoms with Crippen LogP contribution in [-0.4, -0.2) is 31.2 Å². The third-order valence-electron chi connectivity index (χ3n) is 11.4. The molecule has 8 aromatic rings.